The lowest BCUT2D eigenvalue weighted by molar-refractivity contribution is -0.140. The zero-order chi connectivity index (χ0) is 21.7. The molecule has 0 saturated heterocycles. The largest absolute Gasteiger partial charge is 0.352 e. The Morgan fingerprint density at radius 2 is 1.83 bits per heavy atom. The van der Waals surface area contributed by atoms with Crippen LogP contribution in [-0.2, 0) is 22.6 Å². The Morgan fingerprint density at radius 3 is 2.50 bits per heavy atom. The Bertz CT molecular complexity index is 916. The number of hydrogen-bond acceptors (Lipinski definition) is 2. The first kappa shape index (κ1) is 22.6. The van der Waals surface area contributed by atoms with Crippen LogP contribution in [0.2, 0.25) is 10.0 Å². The average molecular weight is 451 g/mol. The van der Waals surface area contributed by atoms with Crippen molar-refractivity contribution in [3.63, 3.8) is 0 Å². The fraction of sp³-hybridized carbons (Fsp3) is 0.391. The first-order valence-corrected chi connectivity index (χ1v) is 10.9. The van der Waals surface area contributed by atoms with Crippen molar-refractivity contribution < 1.29 is 14.0 Å². The Labute approximate surface area is 186 Å². The topological polar surface area (TPSA) is 49.4 Å². The number of halogens is 3. The lowest BCUT2D eigenvalue weighted by atomic mass is 10.1. The molecule has 0 aromatic heterocycles. The molecule has 2 amide bonds. The van der Waals surface area contributed by atoms with E-state index in [2.05, 4.69) is 5.32 Å². The van der Waals surface area contributed by atoms with Gasteiger partial charge in [0.2, 0.25) is 11.8 Å². The molecule has 0 unspecified atom stereocenters. The minimum absolute atomic E-state index is 0.128. The summed E-state index contributed by atoms with van der Waals surface area (Å²) in [6.07, 6.45) is 3.94. The third-order valence-corrected chi connectivity index (χ3v) is 6.11. The molecule has 1 aliphatic carbocycles. The second-order valence-electron chi connectivity index (χ2n) is 7.69. The molecule has 0 radical (unpaired) electrons. The molecule has 3 rings (SSSR count). The molecule has 1 fully saturated rings. The van der Waals surface area contributed by atoms with E-state index >= 15 is 0 Å². The fourth-order valence-corrected chi connectivity index (χ4v) is 4.18. The van der Waals surface area contributed by atoms with Crippen LogP contribution in [-0.4, -0.2) is 28.8 Å². The molecule has 1 N–H and O–H groups in total. The van der Waals surface area contributed by atoms with Crippen LogP contribution in [0.1, 0.15) is 43.7 Å². The maximum Gasteiger partial charge on any atom is 0.242 e. The highest BCUT2D eigenvalue weighted by Gasteiger charge is 2.29. The van der Waals surface area contributed by atoms with Crippen molar-refractivity contribution in [2.45, 2.75) is 57.7 Å². The van der Waals surface area contributed by atoms with Crippen LogP contribution in [0, 0.1) is 5.82 Å². The average Bonchev–Trinajstić information content (AvgIpc) is 3.21. The van der Waals surface area contributed by atoms with Crippen LogP contribution in [0.15, 0.2) is 42.5 Å². The van der Waals surface area contributed by atoms with Crippen molar-refractivity contribution in [1.29, 1.82) is 0 Å². The van der Waals surface area contributed by atoms with Crippen LogP contribution >= 0.6 is 23.2 Å². The number of amides is 2. The van der Waals surface area contributed by atoms with Crippen molar-refractivity contribution in [2.75, 3.05) is 0 Å². The van der Waals surface area contributed by atoms with Gasteiger partial charge >= 0.3 is 0 Å². The summed E-state index contributed by atoms with van der Waals surface area (Å²) < 4.78 is 14.1. The second kappa shape index (κ2) is 10.3. The van der Waals surface area contributed by atoms with E-state index in [-0.39, 0.29) is 36.4 Å². The molecule has 2 aromatic carbocycles. The molecule has 7 heteroatoms. The number of rotatable bonds is 7. The van der Waals surface area contributed by atoms with E-state index in [1.165, 1.54) is 11.0 Å². The Hall–Kier alpha value is -2.11. The number of carbonyl (C=O) groups is 2. The van der Waals surface area contributed by atoms with E-state index in [1.54, 1.807) is 43.3 Å². The number of carbonyl (C=O) groups excluding carboxylic acids is 2. The molecule has 1 atom stereocenters. The molecular formula is C23H25Cl2FN2O2. The van der Waals surface area contributed by atoms with Crippen molar-refractivity contribution in [2.24, 2.45) is 0 Å². The molecule has 4 nitrogen and oxygen atoms in total. The zero-order valence-electron chi connectivity index (χ0n) is 16.8. The lowest BCUT2D eigenvalue weighted by Gasteiger charge is -2.30. The van der Waals surface area contributed by atoms with Crippen LogP contribution < -0.4 is 5.32 Å². The predicted molar refractivity (Wildman–Crippen MR) is 117 cm³/mol. The molecule has 0 spiro atoms. The molecule has 2 aromatic rings. The van der Waals surface area contributed by atoms with Gasteiger partial charge in [0, 0.05) is 22.6 Å². The minimum atomic E-state index is -0.725. The SMILES string of the molecule is C[C@@H](C(=O)NC1CCCC1)N(Cc1ccc(Cl)cc1Cl)C(=O)Cc1ccccc1F. The number of benzene rings is 2. The van der Waals surface area contributed by atoms with Gasteiger partial charge in [0.25, 0.3) is 0 Å². The van der Waals surface area contributed by atoms with E-state index in [0.29, 0.717) is 15.6 Å². The summed E-state index contributed by atoms with van der Waals surface area (Å²) in [6, 6.07) is 10.6. The van der Waals surface area contributed by atoms with Crippen molar-refractivity contribution in [3.05, 3.63) is 69.5 Å². The van der Waals surface area contributed by atoms with Crippen molar-refractivity contribution in [1.82, 2.24) is 10.2 Å². The number of nitrogens with one attached hydrogen (secondary N) is 1. The number of hydrogen-bond donors (Lipinski definition) is 1. The fourth-order valence-electron chi connectivity index (χ4n) is 3.71. The Balaban J connectivity index is 1.81. The normalized spacial score (nSPS) is 15.1. The summed E-state index contributed by atoms with van der Waals surface area (Å²) in [6.45, 7) is 1.82. The van der Waals surface area contributed by atoms with Crippen LogP contribution in [0.5, 0.6) is 0 Å². The highest BCUT2D eigenvalue weighted by molar-refractivity contribution is 6.35. The lowest BCUT2D eigenvalue weighted by Crippen LogP contribution is -2.50. The van der Waals surface area contributed by atoms with Gasteiger partial charge in [-0.15, -0.1) is 0 Å². The van der Waals surface area contributed by atoms with Gasteiger partial charge in [-0.25, -0.2) is 4.39 Å². The Kier molecular flexibility index (Phi) is 7.73. The highest BCUT2D eigenvalue weighted by atomic mass is 35.5. The highest BCUT2D eigenvalue weighted by Crippen LogP contribution is 2.24. The summed E-state index contributed by atoms with van der Waals surface area (Å²) in [5.41, 5.74) is 0.960. The van der Waals surface area contributed by atoms with Gasteiger partial charge in [0.1, 0.15) is 11.9 Å². The maximum atomic E-state index is 14.1. The minimum Gasteiger partial charge on any atom is -0.352 e. The predicted octanol–water partition coefficient (Wildman–Crippen LogP) is 5.15. The van der Waals surface area contributed by atoms with Crippen LogP contribution in [0.4, 0.5) is 4.39 Å². The molecule has 0 aliphatic heterocycles. The smallest absolute Gasteiger partial charge is 0.242 e. The summed E-state index contributed by atoms with van der Waals surface area (Å²) in [5, 5.41) is 3.94. The van der Waals surface area contributed by atoms with Gasteiger partial charge < -0.3 is 10.2 Å². The number of nitrogens with zero attached hydrogens (tertiary/aromatic N) is 1. The van der Waals surface area contributed by atoms with E-state index in [9.17, 15) is 14.0 Å². The van der Waals surface area contributed by atoms with Crippen LogP contribution in [0.25, 0.3) is 0 Å². The van der Waals surface area contributed by atoms with Crippen molar-refractivity contribution in [3.8, 4) is 0 Å². The van der Waals surface area contributed by atoms with E-state index in [1.807, 2.05) is 0 Å². The monoisotopic (exact) mass is 450 g/mol. The third kappa shape index (κ3) is 5.73. The molecule has 1 aliphatic rings. The summed E-state index contributed by atoms with van der Waals surface area (Å²) in [5.74, 6) is -1.01. The van der Waals surface area contributed by atoms with Gasteiger partial charge in [-0.05, 0) is 49.1 Å². The first-order chi connectivity index (χ1) is 14.3. The van der Waals surface area contributed by atoms with Crippen LogP contribution in [0.3, 0.4) is 0 Å². The molecule has 160 valence electrons. The van der Waals surface area contributed by atoms with E-state index < -0.39 is 11.9 Å². The van der Waals surface area contributed by atoms with Gasteiger partial charge in [-0.2, -0.15) is 0 Å². The Morgan fingerprint density at radius 1 is 1.13 bits per heavy atom. The quantitative estimate of drug-likeness (QED) is 0.633. The molecule has 30 heavy (non-hydrogen) atoms. The maximum absolute atomic E-state index is 14.1. The molecule has 0 bridgehead atoms. The standard InChI is InChI=1S/C23H25Cl2FN2O2/c1-15(23(30)27-19-7-3-4-8-19)28(14-17-10-11-18(24)13-20(17)25)22(29)12-16-6-2-5-9-21(16)26/h2,5-6,9-11,13,15,19H,3-4,7-8,12,14H2,1H3,(H,27,30)/t15-/m0/s1. The van der Waals surface area contributed by atoms with Crippen molar-refractivity contribution >= 4 is 35.0 Å². The summed E-state index contributed by atoms with van der Waals surface area (Å²) >= 11 is 12.3. The zero-order valence-corrected chi connectivity index (χ0v) is 18.3. The third-order valence-electron chi connectivity index (χ3n) is 5.52. The molecule has 1 saturated carbocycles. The van der Waals surface area contributed by atoms with Gasteiger partial charge in [0.05, 0.1) is 6.42 Å². The van der Waals surface area contributed by atoms with Gasteiger partial charge in [-0.3, -0.25) is 9.59 Å². The van der Waals surface area contributed by atoms with E-state index in [4.69, 9.17) is 23.2 Å². The second-order valence-corrected chi connectivity index (χ2v) is 8.54. The summed E-state index contributed by atoms with van der Waals surface area (Å²) in [4.78, 5) is 27.5. The molecular weight excluding hydrogens is 426 g/mol. The summed E-state index contributed by atoms with van der Waals surface area (Å²) in [7, 11) is 0. The van der Waals surface area contributed by atoms with E-state index in [0.717, 1.165) is 25.7 Å². The first-order valence-electron chi connectivity index (χ1n) is 10.1. The molecule has 0 heterocycles. The van der Waals surface area contributed by atoms with Gasteiger partial charge in [-0.1, -0.05) is 60.3 Å². The van der Waals surface area contributed by atoms with Gasteiger partial charge in [0.15, 0.2) is 0 Å².